The van der Waals surface area contributed by atoms with Crippen molar-refractivity contribution in [3.8, 4) is 0 Å². The predicted octanol–water partition coefficient (Wildman–Crippen LogP) is 2.52. The molecule has 2 saturated heterocycles. The van der Waals surface area contributed by atoms with E-state index >= 15 is 0 Å². The Balaban J connectivity index is 1.43. The smallest absolute Gasteiger partial charge is 0.251 e. The van der Waals surface area contributed by atoms with Crippen molar-refractivity contribution in [3.05, 3.63) is 65.7 Å². The van der Waals surface area contributed by atoms with E-state index in [9.17, 15) is 13.2 Å². The molecule has 0 aromatic heterocycles. The molecule has 2 unspecified atom stereocenters. The van der Waals surface area contributed by atoms with Gasteiger partial charge < -0.3 is 5.32 Å². The van der Waals surface area contributed by atoms with E-state index in [1.807, 2.05) is 30.3 Å². The highest BCUT2D eigenvalue weighted by atomic mass is 32.2. The normalized spacial score (nSPS) is 22.2. The van der Waals surface area contributed by atoms with Crippen LogP contribution in [0.3, 0.4) is 0 Å². The Labute approximate surface area is 172 Å². The first kappa shape index (κ1) is 20.1. The van der Waals surface area contributed by atoms with Gasteiger partial charge in [-0.25, -0.2) is 13.1 Å². The molecule has 1 amide bonds. The quantitative estimate of drug-likeness (QED) is 0.763. The number of rotatable bonds is 6. The first-order valence-electron chi connectivity index (χ1n) is 10.2. The van der Waals surface area contributed by atoms with E-state index in [-0.39, 0.29) is 23.4 Å². The summed E-state index contributed by atoms with van der Waals surface area (Å²) in [6, 6.07) is 16.1. The highest BCUT2D eigenvalue weighted by Crippen LogP contribution is 2.27. The molecular weight excluding hydrogens is 386 g/mol. The summed E-state index contributed by atoms with van der Waals surface area (Å²) >= 11 is 0. The lowest BCUT2D eigenvalue weighted by Gasteiger charge is -2.32. The van der Waals surface area contributed by atoms with Gasteiger partial charge in [-0.05, 0) is 49.6 Å². The molecule has 2 N–H and O–H groups in total. The monoisotopic (exact) mass is 413 g/mol. The summed E-state index contributed by atoms with van der Waals surface area (Å²) in [5, 5.41) is 3.14. The Morgan fingerprint density at radius 2 is 1.83 bits per heavy atom. The highest BCUT2D eigenvalue weighted by molar-refractivity contribution is 7.89. The van der Waals surface area contributed by atoms with E-state index in [0.29, 0.717) is 11.6 Å². The van der Waals surface area contributed by atoms with Crippen LogP contribution < -0.4 is 10.0 Å². The molecule has 2 fully saturated rings. The largest absolute Gasteiger partial charge is 0.348 e. The maximum Gasteiger partial charge on any atom is 0.251 e. The zero-order valence-corrected chi connectivity index (χ0v) is 17.2. The third-order valence-corrected chi connectivity index (χ3v) is 7.29. The topological polar surface area (TPSA) is 78.5 Å². The molecule has 0 bridgehead atoms. The van der Waals surface area contributed by atoms with Crippen LogP contribution in [0.15, 0.2) is 59.5 Å². The second-order valence-corrected chi connectivity index (χ2v) is 9.57. The number of nitrogens with zero attached hydrogens (tertiary/aromatic N) is 1. The van der Waals surface area contributed by atoms with Crippen LogP contribution in [0.2, 0.25) is 0 Å². The number of benzene rings is 2. The summed E-state index contributed by atoms with van der Waals surface area (Å²) in [5.41, 5.74) is 1.25. The first-order chi connectivity index (χ1) is 14.0. The van der Waals surface area contributed by atoms with Crippen molar-refractivity contribution in [2.24, 2.45) is 0 Å². The molecular formula is C22H27N3O3S. The summed E-state index contributed by atoms with van der Waals surface area (Å²) in [5.74, 6) is -0.206. The van der Waals surface area contributed by atoms with Gasteiger partial charge in [-0.2, -0.15) is 0 Å². The van der Waals surface area contributed by atoms with Gasteiger partial charge in [-0.3, -0.25) is 9.69 Å². The Morgan fingerprint density at radius 3 is 2.66 bits per heavy atom. The molecule has 7 heteroatoms. The van der Waals surface area contributed by atoms with E-state index in [1.165, 1.54) is 25.0 Å². The van der Waals surface area contributed by atoms with Crippen LogP contribution in [-0.2, 0) is 16.6 Å². The second-order valence-electron chi connectivity index (χ2n) is 7.81. The standard InChI is InChI=1S/C22H27N3O3S/c26-22(24-20-12-14-25-13-5-4-11-21(20)25)18-9-6-10-19(15-18)29(27,28)23-16-17-7-2-1-3-8-17/h1-3,6-10,15,20-21,23H,4-5,11-14,16H2,(H,24,26). The van der Waals surface area contributed by atoms with Gasteiger partial charge in [0.25, 0.3) is 5.91 Å². The van der Waals surface area contributed by atoms with Crippen LogP contribution in [0.25, 0.3) is 0 Å². The molecule has 6 nitrogen and oxygen atoms in total. The van der Waals surface area contributed by atoms with Crippen molar-refractivity contribution in [3.63, 3.8) is 0 Å². The summed E-state index contributed by atoms with van der Waals surface area (Å²) in [6.07, 6.45) is 4.50. The summed E-state index contributed by atoms with van der Waals surface area (Å²) in [6.45, 7) is 2.34. The van der Waals surface area contributed by atoms with Gasteiger partial charge in [0.1, 0.15) is 0 Å². The van der Waals surface area contributed by atoms with Crippen molar-refractivity contribution in [1.29, 1.82) is 0 Å². The van der Waals surface area contributed by atoms with E-state index in [1.54, 1.807) is 12.1 Å². The number of hydrogen-bond donors (Lipinski definition) is 2. The highest BCUT2D eigenvalue weighted by Gasteiger charge is 2.36. The second kappa shape index (κ2) is 8.65. The molecule has 154 valence electrons. The number of piperidine rings is 1. The van der Waals surface area contributed by atoms with E-state index in [2.05, 4.69) is 14.9 Å². The minimum atomic E-state index is -3.70. The number of hydrogen-bond acceptors (Lipinski definition) is 4. The molecule has 2 aliphatic rings. The van der Waals surface area contributed by atoms with E-state index in [4.69, 9.17) is 0 Å². The Hall–Kier alpha value is -2.22. The molecule has 29 heavy (non-hydrogen) atoms. The Kier molecular flexibility index (Phi) is 5.99. The molecule has 2 aromatic carbocycles. The average molecular weight is 414 g/mol. The summed E-state index contributed by atoms with van der Waals surface area (Å²) < 4.78 is 27.9. The third kappa shape index (κ3) is 4.69. The third-order valence-electron chi connectivity index (χ3n) is 5.89. The van der Waals surface area contributed by atoms with Crippen molar-refractivity contribution >= 4 is 15.9 Å². The van der Waals surface area contributed by atoms with Gasteiger partial charge in [-0.1, -0.05) is 42.8 Å². The molecule has 2 atom stereocenters. The van der Waals surface area contributed by atoms with Crippen LogP contribution in [0.5, 0.6) is 0 Å². The fourth-order valence-electron chi connectivity index (χ4n) is 4.33. The van der Waals surface area contributed by atoms with Crippen molar-refractivity contribution < 1.29 is 13.2 Å². The maximum absolute atomic E-state index is 12.8. The van der Waals surface area contributed by atoms with Crippen LogP contribution in [-0.4, -0.2) is 44.4 Å². The van der Waals surface area contributed by atoms with E-state index < -0.39 is 10.0 Å². The van der Waals surface area contributed by atoms with Gasteiger partial charge >= 0.3 is 0 Å². The Morgan fingerprint density at radius 1 is 1.00 bits per heavy atom. The molecule has 2 aliphatic heterocycles. The van der Waals surface area contributed by atoms with Crippen molar-refractivity contribution in [2.45, 2.75) is 49.2 Å². The van der Waals surface area contributed by atoms with Crippen LogP contribution >= 0.6 is 0 Å². The maximum atomic E-state index is 12.8. The number of carbonyl (C=O) groups is 1. The molecule has 0 saturated carbocycles. The van der Waals surface area contributed by atoms with Crippen LogP contribution in [0.4, 0.5) is 0 Å². The number of carbonyl (C=O) groups excluding carboxylic acids is 1. The van der Waals surface area contributed by atoms with Gasteiger partial charge in [0.05, 0.1) is 4.90 Å². The van der Waals surface area contributed by atoms with Crippen molar-refractivity contribution in [1.82, 2.24) is 14.9 Å². The van der Waals surface area contributed by atoms with Crippen LogP contribution in [0.1, 0.15) is 41.6 Å². The Bertz CT molecular complexity index is 962. The molecule has 0 spiro atoms. The van der Waals surface area contributed by atoms with Crippen LogP contribution in [0, 0.1) is 0 Å². The van der Waals surface area contributed by atoms with Gasteiger partial charge in [0, 0.05) is 30.7 Å². The first-order valence-corrected chi connectivity index (χ1v) is 11.7. The van der Waals surface area contributed by atoms with Gasteiger partial charge in [0.15, 0.2) is 0 Å². The van der Waals surface area contributed by atoms with Gasteiger partial charge in [-0.15, -0.1) is 0 Å². The molecule has 2 heterocycles. The lowest BCUT2D eigenvalue weighted by molar-refractivity contribution is 0.0915. The summed E-state index contributed by atoms with van der Waals surface area (Å²) in [4.78, 5) is 15.4. The van der Waals surface area contributed by atoms with E-state index in [0.717, 1.165) is 31.5 Å². The lowest BCUT2D eigenvalue weighted by atomic mass is 9.99. The minimum absolute atomic E-state index is 0.104. The minimum Gasteiger partial charge on any atom is -0.348 e. The molecule has 0 aliphatic carbocycles. The number of fused-ring (bicyclic) bond motifs is 1. The fourth-order valence-corrected chi connectivity index (χ4v) is 5.39. The summed E-state index contributed by atoms with van der Waals surface area (Å²) in [7, 11) is -3.70. The number of nitrogens with one attached hydrogen (secondary N) is 2. The number of sulfonamides is 1. The molecule has 0 radical (unpaired) electrons. The zero-order valence-electron chi connectivity index (χ0n) is 16.4. The van der Waals surface area contributed by atoms with Gasteiger partial charge in [0.2, 0.25) is 10.0 Å². The lowest BCUT2D eigenvalue weighted by Crippen LogP contribution is -2.46. The average Bonchev–Trinajstić information content (AvgIpc) is 3.16. The molecule has 2 aromatic rings. The molecule has 4 rings (SSSR count). The number of amides is 1. The predicted molar refractivity (Wildman–Crippen MR) is 112 cm³/mol. The van der Waals surface area contributed by atoms with Crippen molar-refractivity contribution in [2.75, 3.05) is 13.1 Å². The fraction of sp³-hybridized carbons (Fsp3) is 0.409. The zero-order chi connectivity index (χ0) is 20.3. The SMILES string of the molecule is O=C(NC1CCN2CCCCC12)c1cccc(S(=O)(=O)NCc2ccccc2)c1.